The lowest BCUT2D eigenvalue weighted by molar-refractivity contribution is -0.148. The number of rotatable bonds is 7. The van der Waals surface area contributed by atoms with Crippen LogP contribution in [0.2, 0.25) is 0 Å². The van der Waals surface area contributed by atoms with Crippen molar-refractivity contribution in [3.8, 4) is 5.75 Å². The van der Waals surface area contributed by atoms with Crippen molar-refractivity contribution in [3.63, 3.8) is 0 Å². The van der Waals surface area contributed by atoms with Crippen LogP contribution >= 0.6 is 0 Å². The van der Waals surface area contributed by atoms with Crippen molar-refractivity contribution >= 4 is 57.2 Å². The van der Waals surface area contributed by atoms with Gasteiger partial charge in [0.15, 0.2) is 0 Å². The smallest absolute Gasteiger partial charge is 0.247 e. The monoisotopic (exact) mass is 869 g/mol. The number of benzene rings is 3. The molecule has 16 heteroatoms. The summed E-state index contributed by atoms with van der Waals surface area (Å²) < 4.78 is 6.33. The Kier molecular flexibility index (Phi) is 11.9. The Morgan fingerprint density at radius 2 is 1.30 bits per heavy atom. The fourth-order valence-corrected chi connectivity index (χ4v) is 10.1. The first-order valence-corrected chi connectivity index (χ1v) is 22.4. The second-order valence-corrected chi connectivity index (χ2v) is 17.8. The highest BCUT2D eigenvalue weighted by Crippen LogP contribution is 2.32. The minimum atomic E-state index is -1.42. The molecule has 1 spiro atoms. The molecule has 3 aliphatic heterocycles. The Balaban J connectivity index is 1.11. The molecule has 2 aromatic heterocycles. The predicted molar refractivity (Wildman–Crippen MR) is 238 cm³/mol. The molecule has 5 aromatic rings. The number of aromatic amines is 2. The number of nitrogens with zero attached hydrogens (tertiary/aromatic N) is 2. The van der Waals surface area contributed by atoms with E-state index in [1.807, 2.05) is 66.7 Å². The highest BCUT2D eigenvalue weighted by Gasteiger charge is 2.49. The average molecular weight is 870 g/mol. The number of ether oxygens (including phenoxy) is 1. The third-order valence-electron chi connectivity index (χ3n) is 13.5. The van der Waals surface area contributed by atoms with Crippen LogP contribution in [0.5, 0.6) is 5.75 Å². The van der Waals surface area contributed by atoms with Crippen molar-refractivity contribution in [3.05, 3.63) is 102 Å². The number of amides is 6. The van der Waals surface area contributed by atoms with Gasteiger partial charge in [-0.1, -0.05) is 67.4 Å². The summed E-state index contributed by atoms with van der Waals surface area (Å²) in [6.07, 6.45) is 5.93. The van der Waals surface area contributed by atoms with Gasteiger partial charge in [-0.3, -0.25) is 28.8 Å². The van der Waals surface area contributed by atoms with Gasteiger partial charge < -0.3 is 51.5 Å². The maximum atomic E-state index is 14.9. The van der Waals surface area contributed by atoms with E-state index in [0.29, 0.717) is 44.3 Å². The number of para-hydroxylation sites is 3. The van der Waals surface area contributed by atoms with Crippen molar-refractivity contribution in [2.75, 3.05) is 13.1 Å². The molecule has 1 aliphatic carbocycles. The molecule has 0 bridgehead atoms. The predicted octanol–water partition coefficient (Wildman–Crippen LogP) is 2.72. The summed E-state index contributed by atoms with van der Waals surface area (Å²) >= 11 is 0. The van der Waals surface area contributed by atoms with Crippen LogP contribution in [0.4, 0.5) is 0 Å². The molecular weight excluding hydrogens is 815 g/mol. The Morgan fingerprint density at radius 1 is 0.688 bits per heavy atom. The minimum absolute atomic E-state index is 0.0515. The normalized spacial score (nSPS) is 26.2. The number of nitrogens with one attached hydrogen (secondary N) is 6. The molecule has 3 saturated heterocycles. The van der Waals surface area contributed by atoms with E-state index in [0.717, 1.165) is 32.9 Å². The fraction of sp³-hybridized carbons (Fsp3) is 0.417. The first-order valence-electron chi connectivity index (χ1n) is 22.4. The van der Waals surface area contributed by atoms with Gasteiger partial charge in [-0.05, 0) is 68.0 Å². The third-order valence-corrected chi connectivity index (χ3v) is 13.5. The molecule has 334 valence electrons. The highest BCUT2D eigenvalue weighted by atomic mass is 16.5. The first kappa shape index (κ1) is 42.6. The zero-order valence-electron chi connectivity index (χ0n) is 35.8. The van der Waals surface area contributed by atoms with Crippen LogP contribution in [-0.4, -0.2) is 116 Å². The molecule has 4 aliphatic rings. The van der Waals surface area contributed by atoms with Gasteiger partial charge in [0.1, 0.15) is 47.6 Å². The summed E-state index contributed by atoms with van der Waals surface area (Å²) in [6, 6.07) is 17.9. The zero-order chi connectivity index (χ0) is 44.5. The number of H-pyrrole nitrogens is 2. The summed E-state index contributed by atoms with van der Waals surface area (Å²) in [5.41, 5.74) is 8.27. The summed E-state index contributed by atoms with van der Waals surface area (Å²) in [7, 11) is 0. The van der Waals surface area contributed by atoms with Gasteiger partial charge in [0.25, 0.3) is 0 Å². The van der Waals surface area contributed by atoms with Crippen molar-refractivity contribution in [2.24, 2.45) is 5.73 Å². The topological polar surface area (TPSA) is 224 Å². The minimum Gasteiger partial charge on any atom is -0.488 e. The van der Waals surface area contributed by atoms with Gasteiger partial charge in [0.2, 0.25) is 35.4 Å². The molecule has 4 fully saturated rings. The maximum Gasteiger partial charge on any atom is 0.247 e. The quantitative estimate of drug-likeness (QED) is 0.129. The summed E-state index contributed by atoms with van der Waals surface area (Å²) in [6.45, 7) is 1.89. The van der Waals surface area contributed by atoms with Crippen LogP contribution in [0.25, 0.3) is 21.8 Å². The Labute approximate surface area is 370 Å². The van der Waals surface area contributed by atoms with Crippen LogP contribution in [-0.2, 0) is 41.6 Å². The van der Waals surface area contributed by atoms with E-state index in [1.165, 1.54) is 9.80 Å². The fourth-order valence-electron chi connectivity index (χ4n) is 10.1. The standard InChI is InChI=1S/C48H55N9O7/c1-28(49)41-46(62)56-21-11-18-39(56)45(61)57-27-32(64-31-12-3-2-4-13-31)24-40(57)44(60)52-38(23-30-26-51-36-17-8-6-15-34(30)36)43(59)55-48(19-9-10-20-48)47(63)53-37(42(58)54-41)22-29-25-50-35-16-7-5-14-33(29)35/h2-8,12-17,25-26,28,32,37-41,50-51H,9-11,18-24,27,49H2,1H3,(H,52,60)(H,53,63)(H,54,58)(H,55,59)/t28?,32-,37+,38+,39-,40+,41+/m1/s1. The highest BCUT2D eigenvalue weighted by molar-refractivity contribution is 6.00. The Hall–Kier alpha value is -6.68. The first-order chi connectivity index (χ1) is 31.0. The molecule has 1 unspecified atom stereocenters. The maximum absolute atomic E-state index is 14.9. The lowest BCUT2D eigenvalue weighted by Gasteiger charge is -2.36. The second kappa shape index (κ2) is 17.8. The number of hydrogen-bond acceptors (Lipinski definition) is 8. The second-order valence-electron chi connectivity index (χ2n) is 17.8. The lowest BCUT2D eigenvalue weighted by atomic mass is 9.93. The van der Waals surface area contributed by atoms with Crippen molar-refractivity contribution < 1.29 is 33.5 Å². The van der Waals surface area contributed by atoms with Gasteiger partial charge in [-0.25, -0.2) is 0 Å². The molecular formula is C48H55N9O7. The summed E-state index contributed by atoms with van der Waals surface area (Å²) in [5, 5.41) is 13.7. The third kappa shape index (κ3) is 8.41. The van der Waals surface area contributed by atoms with Crippen LogP contribution in [0.15, 0.2) is 91.3 Å². The molecule has 6 amide bonds. The van der Waals surface area contributed by atoms with Crippen molar-refractivity contribution in [1.29, 1.82) is 0 Å². The van der Waals surface area contributed by atoms with Crippen LogP contribution < -0.4 is 31.7 Å². The number of carbonyl (C=O) groups excluding carboxylic acids is 6. The number of fused-ring (bicyclic) bond motifs is 4. The number of hydrogen-bond donors (Lipinski definition) is 7. The van der Waals surface area contributed by atoms with Gasteiger partial charge in [0, 0.05) is 66.0 Å². The van der Waals surface area contributed by atoms with E-state index in [4.69, 9.17) is 10.5 Å². The molecule has 8 N–H and O–H groups in total. The molecule has 3 aromatic carbocycles. The van der Waals surface area contributed by atoms with Gasteiger partial charge >= 0.3 is 0 Å². The molecule has 7 atom stereocenters. The van der Waals surface area contributed by atoms with E-state index < -0.39 is 83.3 Å². The Bertz CT molecular complexity index is 2570. The molecule has 5 heterocycles. The molecule has 9 rings (SSSR count). The largest absolute Gasteiger partial charge is 0.488 e. The number of nitrogens with two attached hydrogens (primary N) is 1. The average Bonchev–Trinajstić information content (AvgIpc) is 4.16. The zero-order valence-corrected chi connectivity index (χ0v) is 35.8. The summed E-state index contributed by atoms with van der Waals surface area (Å²) in [5.74, 6) is -2.73. The number of aromatic nitrogens is 2. The molecule has 16 nitrogen and oxygen atoms in total. The molecule has 64 heavy (non-hydrogen) atoms. The van der Waals surface area contributed by atoms with Crippen LogP contribution in [0, 0.1) is 0 Å². The van der Waals surface area contributed by atoms with Crippen molar-refractivity contribution in [1.82, 2.24) is 41.0 Å². The van der Waals surface area contributed by atoms with E-state index >= 15 is 0 Å². The van der Waals surface area contributed by atoms with Gasteiger partial charge in [-0.15, -0.1) is 0 Å². The van der Waals surface area contributed by atoms with E-state index in [1.54, 1.807) is 31.5 Å². The van der Waals surface area contributed by atoms with E-state index in [2.05, 4.69) is 31.2 Å². The van der Waals surface area contributed by atoms with E-state index in [9.17, 15) is 28.8 Å². The SMILES string of the molecule is CC(N)[C@@H]1NC(=O)[C@H](Cc2c[nH]c3ccccc23)NC(=O)C2(CCCC2)NC(=O)[C@H](Cc2c[nH]c3ccccc23)NC(=O)[C@@H]2C[C@@H](Oc3ccccc3)CN2C(=O)[C@H]2CCCN2C1=O. The van der Waals surface area contributed by atoms with E-state index in [-0.39, 0.29) is 32.4 Å². The van der Waals surface area contributed by atoms with Crippen LogP contribution in [0.3, 0.4) is 0 Å². The molecule has 1 saturated carbocycles. The lowest BCUT2D eigenvalue weighted by Crippen LogP contribution is -2.66. The van der Waals surface area contributed by atoms with Crippen LogP contribution in [0.1, 0.15) is 63.0 Å². The van der Waals surface area contributed by atoms with Gasteiger partial charge in [0.05, 0.1) is 6.54 Å². The van der Waals surface area contributed by atoms with Gasteiger partial charge in [-0.2, -0.15) is 0 Å². The Morgan fingerprint density at radius 3 is 1.94 bits per heavy atom. The summed E-state index contributed by atoms with van der Waals surface area (Å²) in [4.78, 5) is 98.0. The number of carbonyl (C=O) groups is 6. The molecule has 0 radical (unpaired) electrons. The van der Waals surface area contributed by atoms with Crippen molar-refractivity contribution in [2.45, 2.75) is 113 Å².